The van der Waals surface area contributed by atoms with Crippen molar-refractivity contribution in [3.05, 3.63) is 47.8 Å². The number of aryl methyl sites for hydroxylation is 1. The Morgan fingerprint density at radius 2 is 1.88 bits per heavy atom. The molecule has 25 heavy (non-hydrogen) atoms. The minimum atomic E-state index is 0.429. The monoisotopic (exact) mass is 338 g/mol. The molecule has 4 heteroatoms. The predicted molar refractivity (Wildman–Crippen MR) is 105 cm³/mol. The molecule has 1 atom stereocenters. The topological polar surface area (TPSA) is 41.0 Å². The summed E-state index contributed by atoms with van der Waals surface area (Å²) in [6.45, 7) is 8.51. The van der Waals surface area contributed by atoms with Gasteiger partial charge < -0.3 is 10.2 Å². The Labute approximate surface area is 151 Å². The highest BCUT2D eigenvalue weighted by molar-refractivity contribution is 5.50. The predicted octanol–water partition coefficient (Wildman–Crippen LogP) is 4.45. The van der Waals surface area contributed by atoms with Crippen molar-refractivity contribution in [2.75, 3.05) is 23.3 Å². The lowest BCUT2D eigenvalue weighted by atomic mass is 9.90. The zero-order chi connectivity index (χ0) is 17.6. The van der Waals surface area contributed by atoms with Gasteiger partial charge in [0.05, 0.1) is 0 Å². The van der Waals surface area contributed by atoms with E-state index in [4.69, 9.17) is 0 Å². The lowest BCUT2D eigenvalue weighted by molar-refractivity contribution is 0.402. The Hall–Kier alpha value is -2.10. The van der Waals surface area contributed by atoms with E-state index < -0.39 is 0 Å². The fourth-order valence-corrected chi connectivity index (χ4v) is 3.46. The van der Waals surface area contributed by atoms with E-state index in [1.165, 1.54) is 24.8 Å². The van der Waals surface area contributed by atoms with Crippen molar-refractivity contribution in [2.45, 2.75) is 52.5 Å². The molecule has 134 valence electrons. The highest BCUT2D eigenvalue weighted by Gasteiger charge is 2.21. The van der Waals surface area contributed by atoms with Gasteiger partial charge in [0, 0.05) is 25.2 Å². The number of benzene rings is 1. The molecule has 1 aromatic heterocycles. The molecule has 2 heterocycles. The van der Waals surface area contributed by atoms with Gasteiger partial charge in [-0.1, -0.05) is 37.3 Å². The van der Waals surface area contributed by atoms with Crippen molar-refractivity contribution in [1.29, 1.82) is 0 Å². The molecule has 1 saturated heterocycles. The van der Waals surface area contributed by atoms with Crippen LogP contribution in [0.15, 0.2) is 36.4 Å². The van der Waals surface area contributed by atoms with Crippen molar-refractivity contribution >= 4 is 11.6 Å². The Balaban J connectivity index is 1.60. The van der Waals surface area contributed by atoms with Crippen molar-refractivity contribution in [2.24, 2.45) is 5.92 Å². The second kappa shape index (κ2) is 8.32. The number of anilines is 2. The fourth-order valence-electron chi connectivity index (χ4n) is 3.46. The Morgan fingerprint density at radius 3 is 2.56 bits per heavy atom. The number of nitrogens with one attached hydrogen (secondary N) is 1. The first kappa shape index (κ1) is 17.7. The van der Waals surface area contributed by atoms with Crippen LogP contribution in [0.1, 0.15) is 44.5 Å². The number of hydrogen-bond acceptors (Lipinski definition) is 4. The highest BCUT2D eigenvalue weighted by atomic mass is 15.2. The molecular weight excluding hydrogens is 308 g/mol. The average molecular weight is 338 g/mol. The molecule has 0 amide bonds. The van der Waals surface area contributed by atoms with Gasteiger partial charge in [0.15, 0.2) is 0 Å². The number of piperidine rings is 1. The third-order valence-corrected chi connectivity index (χ3v) is 5.14. The molecule has 0 radical (unpaired) electrons. The summed E-state index contributed by atoms with van der Waals surface area (Å²) in [5.41, 5.74) is 1.46. The average Bonchev–Trinajstić information content (AvgIpc) is 2.62. The molecule has 1 aromatic carbocycles. The van der Waals surface area contributed by atoms with E-state index in [-0.39, 0.29) is 0 Å². The second-order valence-corrected chi connectivity index (χ2v) is 7.23. The van der Waals surface area contributed by atoms with Crippen LogP contribution in [-0.4, -0.2) is 29.1 Å². The molecule has 1 aliphatic heterocycles. The van der Waals surface area contributed by atoms with Crippen molar-refractivity contribution in [1.82, 2.24) is 9.97 Å². The molecular formula is C21H30N4. The van der Waals surface area contributed by atoms with E-state index in [1.54, 1.807) is 0 Å². The SMILES string of the molecule is CCC(C)Nc1cc(N2CCC(Cc3ccccc3)CC2)nc(C)n1. The van der Waals surface area contributed by atoms with Crippen LogP contribution in [0, 0.1) is 12.8 Å². The molecule has 1 N–H and O–H groups in total. The summed E-state index contributed by atoms with van der Waals surface area (Å²) in [4.78, 5) is 11.6. The van der Waals surface area contributed by atoms with Gasteiger partial charge in [0.1, 0.15) is 17.5 Å². The number of nitrogens with zero attached hydrogens (tertiary/aromatic N) is 3. The highest BCUT2D eigenvalue weighted by Crippen LogP contribution is 2.26. The summed E-state index contributed by atoms with van der Waals surface area (Å²) in [5, 5.41) is 3.48. The first-order valence-electron chi connectivity index (χ1n) is 9.55. The van der Waals surface area contributed by atoms with Gasteiger partial charge in [-0.25, -0.2) is 9.97 Å². The third kappa shape index (κ3) is 4.94. The molecule has 0 spiro atoms. The largest absolute Gasteiger partial charge is 0.367 e. The second-order valence-electron chi connectivity index (χ2n) is 7.23. The Bertz CT molecular complexity index is 663. The normalized spacial score (nSPS) is 16.7. The van der Waals surface area contributed by atoms with Crippen LogP contribution < -0.4 is 10.2 Å². The smallest absolute Gasteiger partial charge is 0.134 e. The van der Waals surface area contributed by atoms with Gasteiger partial charge in [-0.3, -0.25) is 0 Å². The zero-order valence-corrected chi connectivity index (χ0v) is 15.7. The van der Waals surface area contributed by atoms with Gasteiger partial charge in [-0.05, 0) is 51.0 Å². The molecule has 1 unspecified atom stereocenters. The van der Waals surface area contributed by atoms with Gasteiger partial charge in [-0.2, -0.15) is 0 Å². The molecule has 0 aliphatic carbocycles. The van der Waals surface area contributed by atoms with Gasteiger partial charge in [0.25, 0.3) is 0 Å². The summed E-state index contributed by atoms with van der Waals surface area (Å²) in [7, 11) is 0. The van der Waals surface area contributed by atoms with Crippen molar-refractivity contribution in [3.63, 3.8) is 0 Å². The zero-order valence-electron chi connectivity index (χ0n) is 15.7. The van der Waals surface area contributed by atoms with Gasteiger partial charge >= 0.3 is 0 Å². The molecule has 2 aromatic rings. The molecule has 4 nitrogen and oxygen atoms in total. The number of aromatic nitrogens is 2. The first-order chi connectivity index (χ1) is 12.1. The number of hydrogen-bond donors (Lipinski definition) is 1. The fraction of sp³-hybridized carbons (Fsp3) is 0.524. The van der Waals surface area contributed by atoms with Crippen LogP contribution in [0.25, 0.3) is 0 Å². The summed E-state index contributed by atoms with van der Waals surface area (Å²) in [5.74, 6) is 3.63. The first-order valence-corrected chi connectivity index (χ1v) is 9.55. The van der Waals surface area contributed by atoms with E-state index in [9.17, 15) is 0 Å². The Morgan fingerprint density at radius 1 is 1.16 bits per heavy atom. The number of rotatable bonds is 6. The van der Waals surface area contributed by atoms with Gasteiger partial charge in [0.2, 0.25) is 0 Å². The van der Waals surface area contributed by atoms with E-state index in [1.807, 2.05) is 6.92 Å². The van der Waals surface area contributed by atoms with Crippen molar-refractivity contribution < 1.29 is 0 Å². The molecule has 0 saturated carbocycles. The quantitative estimate of drug-likeness (QED) is 0.844. The third-order valence-electron chi connectivity index (χ3n) is 5.14. The maximum Gasteiger partial charge on any atom is 0.134 e. The molecule has 1 aliphatic rings. The van der Waals surface area contributed by atoms with Crippen LogP contribution in [-0.2, 0) is 6.42 Å². The van der Waals surface area contributed by atoms with E-state index in [0.29, 0.717) is 6.04 Å². The minimum absolute atomic E-state index is 0.429. The van der Waals surface area contributed by atoms with Crippen LogP contribution in [0.4, 0.5) is 11.6 Å². The van der Waals surface area contributed by atoms with Crippen LogP contribution in [0.3, 0.4) is 0 Å². The van der Waals surface area contributed by atoms with Crippen LogP contribution >= 0.6 is 0 Å². The van der Waals surface area contributed by atoms with Crippen LogP contribution in [0.5, 0.6) is 0 Å². The molecule has 3 rings (SSSR count). The van der Waals surface area contributed by atoms with E-state index >= 15 is 0 Å². The summed E-state index contributed by atoms with van der Waals surface area (Å²) in [6.07, 6.45) is 4.74. The standard InChI is InChI=1S/C21H30N4/c1-4-16(2)22-20-15-21(24-17(3)23-20)25-12-10-19(11-13-25)14-18-8-6-5-7-9-18/h5-9,15-16,19H,4,10-14H2,1-3H3,(H,22,23,24). The summed E-state index contributed by atoms with van der Waals surface area (Å²) in [6, 6.07) is 13.4. The Kier molecular flexibility index (Phi) is 5.90. The summed E-state index contributed by atoms with van der Waals surface area (Å²) < 4.78 is 0. The lowest BCUT2D eigenvalue weighted by Crippen LogP contribution is -2.35. The lowest BCUT2D eigenvalue weighted by Gasteiger charge is -2.33. The van der Waals surface area contributed by atoms with Crippen molar-refractivity contribution in [3.8, 4) is 0 Å². The summed E-state index contributed by atoms with van der Waals surface area (Å²) >= 11 is 0. The maximum atomic E-state index is 4.67. The van der Waals surface area contributed by atoms with E-state index in [0.717, 1.165) is 42.9 Å². The van der Waals surface area contributed by atoms with E-state index in [2.05, 4.69) is 70.4 Å². The van der Waals surface area contributed by atoms with Gasteiger partial charge in [-0.15, -0.1) is 0 Å². The molecule has 0 bridgehead atoms. The maximum absolute atomic E-state index is 4.67. The minimum Gasteiger partial charge on any atom is -0.367 e. The molecule has 1 fully saturated rings. The van der Waals surface area contributed by atoms with Crippen LogP contribution in [0.2, 0.25) is 0 Å².